The monoisotopic (exact) mass is 540 g/mol. The number of carbonyl (C=O) groups excluding carboxylic acids is 2. The van der Waals surface area contributed by atoms with E-state index in [1.807, 2.05) is 0 Å². The van der Waals surface area contributed by atoms with Crippen LogP contribution in [0.4, 0.5) is 9.39 Å². The Labute approximate surface area is 205 Å². The summed E-state index contributed by atoms with van der Waals surface area (Å²) < 4.78 is 68.3. The van der Waals surface area contributed by atoms with Gasteiger partial charge in [0, 0.05) is 30.6 Å². The zero-order valence-corrected chi connectivity index (χ0v) is 20.9. The molecule has 1 aromatic heterocycles. The average molecular weight is 541 g/mol. The molecule has 14 heteroatoms. The lowest BCUT2D eigenvalue weighted by molar-refractivity contribution is -0.147. The van der Waals surface area contributed by atoms with Crippen LogP contribution in [0.1, 0.15) is 24.0 Å². The number of nitrogens with one attached hydrogen (secondary N) is 2. The summed E-state index contributed by atoms with van der Waals surface area (Å²) in [7, 11) is -7.86. The number of carbonyl (C=O) groups is 2. The maximum absolute atomic E-state index is 13.4. The lowest BCUT2D eigenvalue weighted by atomic mass is 9.83. The van der Waals surface area contributed by atoms with E-state index in [-0.39, 0.29) is 46.7 Å². The zero-order chi connectivity index (χ0) is 25.2. The Balaban J connectivity index is 1.46. The van der Waals surface area contributed by atoms with E-state index in [2.05, 4.69) is 14.4 Å². The third-order valence-corrected chi connectivity index (χ3v) is 9.47. The fourth-order valence-corrected chi connectivity index (χ4v) is 7.45. The van der Waals surface area contributed by atoms with Crippen molar-refractivity contribution in [3.05, 3.63) is 46.6 Å². The SMILES string of the molecule is CS(=O)(=O)NCc1csc2c1S(=O)(=O)N=C(C1C(=O)N(Cc3ccc(F)cc3)CC3(CC3)C1=O)N2. The fourth-order valence-electron chi connectivity index (χ4n) is 4.38. The van der Waals surface area contributed by atoms with Gasteiger partial charge in [-0.1, -0.05) is 12.1 Å². The van der Waals surface area contributed by atoms with Crippen LogP contribution < -0.4 is 10.0 Å². The molecular formula is C21H21FN4O6S3. The molecule has 2 N–H and O–H groups in total. The van der Waals surface area contributed by atoms with Crippen LogP contribution in [0, 0.1) is 17.2 Å². The van der Waals surface area contributed by atoms with Crippen LogP contribution in [0.2, 0.25) is 0 Å². The number of fused-ring (bicyclic) bond motifs is 1. The normalized spacial score (nSPS) is 22.5. The number of hydrogen-bond acceptors (Lipinski definition) is 8. The summed E-state index contributed by atoms with van der Waals surface area (Å²) in [6.45, 7) is 0.118. The fraction of sp³-hybridized carbons (Fsp3) is 0.381. The molecule has 1 saturated carbocycles. The zero-order valence-electron chi connectivity index (χ0n) is 18.4. The Morgan fingerprint density at radius 3 is 2.57 bits per heavy atom. The molecule has 2 aliphatic heterocycles. The molecule has 5 rings (SSSR count). The molecule has 1 saturated heterocycles. The van der Waals surface area contributed by atoms with Gasteiger partial charge in [-0.2, -0.15) is 8.42 Å². The van der Waals surface area contributed by atoms with Gasteiger partial charge < -0.3 is 10.2 Å². The van der Waals surface area contributed by atoms with E-state index in [9.17, 15) is 30.8 Å². The molecule has 1 aromatic carbocycles. The van der Waals surface area contributed by atoms with E-state index in [4.69, 9.17) is 0 Å². The average Bonchev–Trinajstić information content (AvgIpc) is 3.41. The highest BCUT2D eigenvalue weighted by atomic mass is 32.2. The standard InChI is InChI=1S/C21H21FN4O6S3/c1-34(29,30)23-8-13-10-33-19-16(13)35(31,32)25-18(24-19)15-17(27)21(6-7-21)11-26(20(15)28)9-12-2-4-14(22)5-3-12/h2-5,10,15,23H,6-9,11H2,1H3,(H,24,25). The summed E-state index contributed by atoms with van der Waals surface area (Å²) in [5.41, 5.74) is 0.148. The van der Waals surface area contributed by atoms with Crippen LogP contribution in [-0.4, -0.2) is 52.1 Å². The number of rotatable bonds is 6. The number of sulfonamides is 2. The highest BCUT2D eigenvalue weighted by Crippen LogP contribution is 2.52. The second-order valence-corrected chi connectivity index (χ2v) is 13.2. The third-order valence-electron chi connectivity index (χ3n) is 6.31. The summed E-state index contributed by atoms with van der Waals surface area (Å²) in [6.07, 6.45) is 2.13. The van der Waals surface area contributed by atoms with Crippen molar-refractivity contribution in [2.24, 2.45) is 15.7 Å². The number of likely N-dealkylation sites (tertiary alicyclic amines) is 1. The first-order valence-electron chi connectivity index (χ1n) is 10.6. The maximum Gasteiger partial charge on any atom is 0.287 e. The first kappa shape index (κ1) is 24.0. The molecule has 1 unspecified atom stereocenters. The summed E-state index contributed by atoms with van der Waals surface area (Å²) in [5, 5.41) is 4.51. The molecule has 0 radical (unpaired) electrons. The predicted molar refractivity (Wildman–Crippen MR) is 126 cm³/mol. The van der Waals surface area contributed by atoms with Crippen LogP contribution in [-0.2, 0) is 42.7 Å². The Morgan fingerprint density at radius 2 is 1.94 bits per heavy atom. The van der Waals surface area contributed by atoms with Crippen molar-refractivity contribution in [1.29, 1.82) is 0 Å². The number of anilines is 1. The van der Waals surface area contributed by atoms with Crippen molar-refractivity contribution in [3.8, 4) is 0 Å². The number of piperidine rings is 1. The predicted octanol–water partition coefficient (Wildman–Crippen LogP) is 1.46. The lowest BCUT2D eigenvalue weighted by Gasteiger charge is -2.37. The van der Waals surface area contributed by atoms with Gasteiger partial charge in [-0.15, -0.1) is 15.7 Å². The Hall–Kier alpha value is -2.68. The van der Waals surface area contributed by atoms with E-state index in [0.717, 1.165) is 17.6 Å². The molecule has 3 aliphatic rings. The van der Waals surface area contributed by atoms with Crippen molar-refractivity contribution < 1.29 is 30.8 Å². The van der Waals surface area contributed by atoms with Gasteiger partial charge in [-0.3, -0.25) is 9.59 Å². The minimum absolute atomic E-state index is 0.149. The number of thiophene rings is 1. The Morgan fingerprint density at radius 1 is 1.26 bits per heavy atom. The van der Waals surface area contributed by atoms with Crippen molar-refractivity contribution >= 4 is 53.9 Å². The number of amides is 1. The second-order valence-electron chi connectivity index (χ2n) is 8.99. The van der Waals surface area contributed by atoms with Gasteiger partial charge in [-0.25, -0.2) is 17.5 Å². The highest BCUT2D eigenvalue weighted by Gasteiger charge is 2.60. The number of halogens is 1. The molecule has 3 heterocycles. The van der Waals surface area contributed by atoms with E-state index in [0.29, 0.717) is 18.4 Å². The first-order chi connectivity index (χ1) is 16.4. The van der Waals surface area contributed by atoms with Gasteiger partial charge in [0.1, 0.15) is 21.5 Å². The van der Waals surface area contributed by atoms with Gasteiger partial charge in [-0.05, 0) is 35.9 Å². The van der Waals surface area contributed by atoms with E-state index in [1.54, 1.807) is 12.1 Å². The van der Waals surface area contributed by atoms with Gasteiger partial charge in [0.05, 0.1) is 6.26 Å². The quantitative estimate of drug-likeness (QED) is 0.528. The second kappa shape index (κ2) is 8.18. The molecule has 0 bridgehead atoms. The number of amidine groups is 1. The molecule has 1 amide bonds. The number of nitrogens with zero attached hydrogens (tertiary/aromatic N) is 2. The van der Waals surface area contributed by atoms with Crippen molar-refractivity contribution in [2.75, 3.05) is 18.1 Å². The smallest absolute Gasteiger partial charge is 0.287 e. The maximum atomic E-state index is 13.4. The number of benzene rings is 1. The van der Waals surface area contributed by atoms with Crippen molar-refractivity contribution in [1.82, 2.24) is 9.62 Å². The summed E-state index contributed by atoms with van der Waals surface area (Å²) in [5.74, 6) is -3.01. The van der Waals surface area contributed by atoms with Crippen LogP contribution in [0.5, 0.6) is 0 Å². The Kier molecular flexibility index (Phi) is 5.62. The van der Waals surface area contributed by atoms with Crippen LogP contribution >= 0.6 is 11.3 Å². The molecule has 2 fully saturated rings. The molecule has 1 aliphatic carbocycles. The van der Waals surface area contributed by atoms with E-state index >= 15 is 0 Å². The van der Waals surface area contributed by atoms with Crippen molar-refractivity contribution in [3.63, 3.8) is 0 Å². The highest BCUT2D eigenvalue weighted by molar-refractivity contribution is 7.91. The van der Waals surface area contributed by atoms with Gasteiger partial charge in [0.2, 0.25) is 15.9 Å². The van der Waals surface area contributed by atoms with Gasteiger partial charge >= 0.3 is 0 Å². The molecule has 1 atom stereocenters. The lowest BCUT2D eigenvalue weighted by Crippen LogP contribution is -2.55. The third kappa shape index (κ3) is 4.50. The Bertz CT molecular complexity index is 1480. The molecular weight excluding hydrogens is 519 g/mol. The topological polar surface area (TPSA) is 142 Å². The van der Waals surface area contributed by atoms with Crippen LogP contribution in [0.3, 0.4) is 0 Å². The van der Waals surface area contributed by atoms with Gasteiger partial charge in [0.25, 0.3) is 10.0 Å². The number of Topliss-reactive ketones (excluding diaryl/α,β-unsaturated/α-hetero) is 1. The minimum Gasteiger partial charge on any atom is -0.336 e. The molecule has 186 valence electrons. The van der Waals surface area contributed by atoms with E-state index < -0.39 is 43.1 Å². The van der Waals surface area contributed by atoms with Crippen LogP contribution in [0.25, 0.3) is 0 Å². The van der Waals surface area contributed by atoms with Crippen LogP contribution in [0.15, 0.2) is 38.9 Å². The molecule has 2 aromatic rings. The molecule has 35 heavy (non-hydrogen) atoms. The number of hydrogen-bond donors (Lipinski definition) is 2. The first-order valence-corrected chi connectivity index (χ1v) is 14.8. The summed E-state index contributed by atoms with van der Waals surface area (Å²) in [4.78, 5) is 28.0. The van der Waals surface area contributed by atoms with E-state index in [1.165, 1.54) is 22.4 Å². The molecule has 1 spiro atoms. The van der Waals surface area contributed by atoms with Gasteiger partial charge in [0.15, 0.2) is 11.7 Å². The number of ketones is 1. The van der Waals surface area contributed by atoms with Crippen molar-refractivity contribution in [2.45, 2.75) is 30.8 Å². The minimum atomic E-state index is -4.30. The largest absolute Gasteiger partial charge is 0.336 e. The summed E-state index contributed by atoms with van der Waals surface area (Å²) >= 11 is 1.02. The molecule has 10 nitrogen and oxygen atoms in total. The summed E-state index contributed by atoms with van der Waals surface area (Å²) in [6, 6.07) is 5.68.